The number of benzene rings is 2. The first-order valence-corrected chi connectivity index (χ1v) is 8.01. The molecule has 0 aliphatic heterocycles. The minimum atomic E-state index is -1.03. The molecule has 0 heterocycles. The highest BCUT2D eigenvalue weighted by atomic mass is 16.5. The zero-order chi connectivity index (χ0) is 17.7. The van der Waals surface area contributed by atoms with Crippen LogP contribution in [0.4, 0.5) is 0 Å². The van der Waals surface area contributed by atoms with Crippen molar-refractivity contribution in [1.29, 1.82) is 0 Å². The minimum absolute atomic E-state index is 0.161. The lowest BCUT2D eigenvalue weighted by molar-refractivity contribution is 0.0552. The topological polar surface area (TPSA) is 58.6 Å². The molecule has 1 unspecified atom stereocenters. The molecule has 1 atom stereocenters. The summed E-state index contributed by atoms with van der Waals surface area (Å²) in [5, 5.41) is 13.4. The quantitative estimate of drug-likeness (QED) is 0.857. The molecule has 0 aliphatic rings. The first-order chi connectivity index (χ1) is 11.3. The predicted octanol–water partition coefficient (Wildman–Crippen LogP) is 3.04. The van der Waals surface area contributed by atoms with Gasteiger partial charge in [-0.3, -0.25) is 4.79 Å². The van der Waals surface area contributed by atoms with E-state index in [2.05, 4.69) is 5.32 Å². The van der Waals surface area contributed by atoms with E-state index in [9.17, 15) is 9.90 Å². The summed E-state index contributed by atoms with van der Waals surface area (Å²) in [6.45, 7) is 5.77. The molecule has 2 N–H and O–H groups in total. The van der Waals surface area contributed by atoms with Gasteiger partial charge in [-0.1, -0.05) is 29.8 Å². The van der Waals surface area contributed by atoms with Crippen LogP contribution in [0, 0.1) is 13.8 Å². The minimum Gasteiger partial charge on any atom is -0.497 e. The van der Waals surface area contributed by atoms with E-state index in [0.717, 1.165) is 22.4 Å². The van der Waals surface area contributed by atoms with Crippen LogP contribution in [-0.4, -0.2) is 30.3 Å². The van der Waals surface area contributed by atoms with Crippen molar-refractivity contribution in [1.82, 2.24) is 5.32 Å². The third kappa shape index (κ3) is 4.83. The highest BCUT2D eigenvalue weighted by Crippen LogP contribution is 2.17. The van der Waals surface area contributed by atoms with E-state index in [1.807, 2.05) is 56.3 Å². The number of methoxy groups -OCH3 is 1. The van der Waals surface area contributed by atoms with E-state index in [0.29, 0.717) is 12.0 Å². The summed E-state index contributed by atoms with van der Waals surface area (Å²) >= 11 is 0. The second-order valence-electron chi connectivity index (χ2n) is 6.52. The van der Waals surface area contributed by atoms with Crippen molar-refractivity contribution in [2.24, 2.45) is 0 Å². The average molecular weight is 327 g/mol. The number of carbonyl (C=O) groups excluding carboxylic acids is 1. The van der Waals surface area contributed by atoms with Crippen LogP contribution in [-0.2, 0) is 6.42 Å². The molecule has 2 aromatic rings. The van der Waals surface area contributed by atoms with Crippen LogP contribution in [0.25, 0.3) is 0 Å². The normalized spacial score (nSPS) is 13.2. The Morgan fingerprint density at radius 2 is 1.83 bits per heavy atom. The monoisotopic (exact) mass is 327 g/mol. The van der Waals surface area contributed by atoms with E-state index >= 15 is 0 Å². The Hall–Kier alpha value is -2.33. The Kier molecular flexibility index (Phi) is 5.62. The third-order valence-corrected chi connectivity index (χ3v) is 4.01. The maximum Gasteiger partial charge on any atom is 0.251 e. The maximum atomic E-state index is 12.4. The molecule has 4 heteroatoms. The molecule has 0 aliphatic carbocycles. The van der Waals surface area contributed by atoms with E-state index in [1.165, 1.54) is 0 Å². The van der Waals surface area contributed by atoms with E-state index < -0.39 is 5.60 Å². The largest absolute Gasteiger partial charge is 0.497 e. The SMILES string of the molecule is COc1ccc(CC(C)(O)CNC(=O)c2cc(C)ccc2C)cc1. The van der Waals surface area contributed by atoms with Gasteiger partial charge >= 0.3 is 0 Å². The van der Waals surface area contributed by atoms with E-state index in [1.54, 1.807) is 14.0 Å². The molecule has 0 saturated carbocycles. The van der Waals surface area contributed by atoms with Crippen molar-refractivity contribution in [2.75, 3.05) is 13.7 Å². The van der Waals surface area contributed by atoms with Gasteiger partial charge in [-0.15, -0.1) is 0 Å². The Bertz CT molecular complexity index is 705. The Labute approximate surface area is 143 Å². The van der Waals surface area contributed by atoms with Crippen LogP contribution in [0.3, 0.4) is 0 Å². The first kappa shape index (κ1) is 18.0. The summed E-state index contributed by atoms with van der Waals surface area (Å²) in [5.41, 5.74) is 2.57. The molecule has 0 saturated heterocycles. The van der Waals surface area contributed by atoms with Crippen LogP contribution in [0.2, 0.25) is 0 Å². The van der Waals surface area contributed by atoms with Crippen molar-refractivity contribution >= 4 is 5.91 Å². The summed E-state index contributed by atoms with van der Waals surface area (Å²) in [7, 11) is 1.62. The van der Waals surface area contributed by atoms with Gasteiger partial charge in [0.2, 0.25) is 0 Å². The van der Waals surface area contributed by atoms with Crippen molar-refractivity contribution in [2.45, 2.75) is 32.8 Å². The number of nitrogens with one attached hydrogen (secondary N) is 1. The third-order valence-electron chi connectivity index (χ3n) is 4.01. The summed E-state index contributed by atoms with van der Waals surface area (Å²) in [6.07, 6.45) is 0.448. The van der Waals surface area contributed by atoms with E-state index in [-0.39, 0.29) is 12.5 Å². The molecule has 24 heavy (non-hydrogen) atoms. The molecular formula is C20H25NO3. The van der Waals surface area contributed by atoms with Gasteiger partial charge in [0.15, 0.2) is 0 Å². The molecular weight excluding hydrogens is 302 g/mol. The second-order valence-corrected chi connectivity index (χ2v) is 6.52. The molecule has 2 aromatic carbocycles. The first-order valence-electron chi connectivity index (χ1n) is 8.01. The molecule has 0 spiro atoms. The Morgan fingerprint density at radius 3 is 2.46 bits per heavy atom. The fourth-order valence-corrected chi connectivity index (χ4v) is 2.59. The van der Waals surface area contributed by atoms with E-state index in [4.69, 9.17) is 4.74 Å². The van der Waals surface area contributed by atoms with Crippen LogP contribution < -0.4 is 10.1 Å². The number of ether oxygens (including phenoxy) is 1. The number of hydrogen-bond donors (Lipinski definition) is 2. The zero-order valence-corrected chi connectivity index (χ0v) is 14.7. The van der Waals surface area contributed by atoms with Gasteiger partial charge in [0, 0.05) is 18.5 Å². The van der Waals surface area contributed by atoms with Gasteiger partial charge in [0.1, 0.15) is 5.75 Å². The van der Waals surface area contributed by atoms with Crippen LogP contribution in [0.15, 0.2) is 42.5 Å². The smallest absolute Gasteiger partial charge is 0.251 e. The van der Waals surface area contributed by atoms with Crippen LogP contribution in [0.1, 0.15) is 34.0 Å². The highest BCUT2D eigenvalue weighted by molar-refractivity contribution is 5.95. The van der Waals surface area contributed by atoms with Crippen molar-refractivity contribution < 1.29 is 14.6 Å². The van der Waals surface area contributed by atoms with Crippen molar-refractivity contribution in [3.8, 4) is 5.75 Å². The van der Waals surface area contributed by atoms with Crippen molar-refractivity contribution in [3.05, 3.63) is 64.7 Å². The van der Waals surface area contributed by atoms with Crippen LogP contribution in [0.5, 0.6) is 5.75 Å². The Morgan fingerprint density at radius 1 is 1.17 bits per heavy atom. The number of hydrogen-bond acceptors (Lipinski definition) is 3. The molecule has 0 radical (unpaired) electrons. The molecule has 2 rings (SSSR count). The number of amides is 1. The number of rotatable bonds is 6. The molecule has 4 nitrogen and oxygen atoms in total. The summed E-state index contributed by atoms with van der Waals surface area (Å²) in [5.74, 6) is 0.618. The van der Waals surface area contributed by atoms with Gasteiger partial charge in [-0.25, -0.2) is 0 Å². The maximum absolute atomic E-state index is 12.4. The standard InChI is InChI=1S/C20H25NO3/c1-14-5-6-15(2)18(11-14)19(22)21-13-20(3,23)12-16-7-9-17(24-4)10-8-16/h5-11,23H,12-13H2,1-4H3,(H,21,22). The number of aliphatic hydroxyl groups is 1. The average Bonchev–Trinajstić information content (AvgIpc) is 2.55. The van der Waals surface area contributed by atoms with Crippen molar-refractivity contribution in [3.63, 3.8) is 0 Å². The zero-order valence-electron chi connectivity index (χ0n) is 14.7. The van der Waals surface area contributed by atoms with Crippen LogP contribution >= 0.6 is 0 Å². The molecule has 0 bridgehead atoms. The van der Waals surface area contributed by atoms with Gasteiger partial charge < -0.3 is 15.2 Å². The molecule has 0 aromatic heterocycles. The lowest BCUT2D eigenvalue weighted by atomic mass is 9.96. The molecule has 0 fully saturated rings. The molecule has 1 amide bonds. The lowest BCUT2D eigenvalue weighted by Gasteiger charge is -2.24. The van der Waals surface area contributed by atoms with Gasteiger partial charge in [0.25, 0.3) is 5.91 Å². The molecule has 128 valence electrons. The van der Waals surface area contributed by atoms with Gasteiger partial charge in [-0.2, -0.15) is 0 Å². The highest BCUT2D eigenvalue weighted by Gasteiger charge is 2.22. The summed E-state index contributed by atoms with van der Waals surface area (Å²) in [4.78, 5) is 12.4. The Balaban J connectivity index is 1.98. The fourth-order valence-electron chi connectivity index (χ4n) is 2.59. The summed E-state index contributed by atoms with van der Waals surface area (Å²) < 4.78 is 5.13. The predicted molar refractivity (Wildman–Crippen MR) is 95.6 cm³/mol. The van der Waals surface area contributed by atoms with Gasteiger partial charge in [0.05, 0.1) is 12.7 Å². The number of aryl methyl sites for hydroxylation is 2. The van der Waals surface area contributed by atoms with Gasteiger partial charge in [-0.05, 0) is 50.1 Å². The lowest BCUT2D eigenvalue weighted by Crippen LogP contribution is -2.42. The number of carbonyl (C=O) groups is 1. The fraction of sp³-hybridized carbons (Fsp3) is 0.350. The summed E-state index contributed by atoms with van der Waals surface area (Å²) in [6, 6.07) is 13.3. The second kappa shape index (κ2) is 7.49.